The van der Waals surface area contributed by atoms with E-state index >= 15 is 0 Å². The van der Waals surface area contributed by atoms with E-state index in [1.165, 1.54) is 0 Å². The maximum atomic E-state index is 13.9. The third-order valence-corrected chi connectivity index (χ3v) is 3.33. The monoisotopic (exact) mass is 269 g/mol. The van der Waals surface area contributed by atoms with Gasteiger partial charge in [0, 0.05) is 22.4 Å². The SMILES string of the molecule is Cn1c(C(C)(C)F)cc2c(Br)cccc21. The Morgan fingerprint density at radius 1 is 1.33 bits per heavy atom. The minimum atomic E-state index is -1.31. The minimum Gasteiger partial charge on any atom is -0.345 e. The van der Waals surface area contributed by atoms with Gasteiger partial charge in [0.05, 0.1) is 5.69 Å². The first-order chi connectivity index (χ1) is 6.91. The first-order valence-corrected chi connectivity index (χ1v) is 5.64. The molecule has 0 amide bonds. The number of hydrogen-bond donors (Lipinski definition) is 0. The second-order valence-corrected chi connectivity index (χ2v) is 5.09. The summed E-state index contributed by atoms with van der Waals surface area (Å²) in [4.78, 5) is 0. The number of halogens is 2. The Hall–Kier alpha value is -0.830. The Morgan fingerprint density at radius 2 is 2.00 bits per heavy atom. The first kappa shape index (κ1) is 10.7. The molecule has 0 aliphatic carbocycles. The van der Waals surface area contributed by atoms with E-state index in [0.717, 1.165) is 15.4 Å². The number of aromatic nitrogens is 1. The van der Waals surface area contributed by atoms with Gasteiger partial charge in [-0.2, -0.15) is 0 Å². The van der Waals surface area contributed by atoms with Gasteiger partial charge in [0.1, 0.15) is 5.67 Å². The van der Waals surface area contributed by atoms with E-state index < -0.39 is 5.67 Å². The van der Waals surface area contributed by atoms with Gasteiger partial charge in [0.25, 0.3) is 0 Å². The van der Waals surface area contributed by atoms with Crippen LogP contribution in [0.15, 0.2) is 28.7 Å². The molecule has 0 N–H and O–H groups in total. The highest BCUT2D eigenvalue weighted by Crippen LogP contribution is 2.33. The Labute approximate surface area is 97.0 Å². The maximum Gasteiger partial charge on any atom is 0.145 e. The van der Waals surface area contributed by atoms with Crippen LogP contribution >= 0.6 is 15.9 Å². The highest BCUT2D eigenvalue weighted by molar-refractivity contribution is 9.10. The molecule has 1 aromatic carbocycles. The topological polar surface area (TPSA) is 4.93 Å². The van der Waals surface area contributed by atoms with Crippen molar-refractivity contribution in [1.29, 1.82) is 0 Å². The zero-order valence-electron chi connectivity index (χ0n) is 9.01. The first-order valence-electron chi connectivity index (χ1n) is 4.84. The molecule has 0 saturated heterocycles. The fourth-order valence-electron chi connectivity index (χ4n) is 1.89. The third-order valence-electron chi connectivity index (χ3n) is 2.64. The Bertz CT molecular complexity index is 508. The second kappa shape index (κ2) is 3.34. The van der Waals surface area contributed by atoms with Gasteiger partial charge >= 0.3 is 0 Å². The van der Waals surface area contributed by atoms with Crippen LogP contribution in [-0.2, 0) is 12.7 Å². The second-order valence-electron chi connectivity index (χ2n) is 4.23. The van der Waals surface area contributed by atoms with Crippen LogP contribution in [0, 0.1) is 0 Å². The summed E-state index contributed by atoms with van der Waals surface area (Å²) >= 11 is 3.48. The van der Waals surface area contributed by atoms with Gasteiger partial charge in [-0.3, -0.25) is 0 Å². The molecule has 1 nitrogen and oxygen atoms in total. The number of fused-ring (bicyclic) bond motifs is 1. The predicted molar refractivity (Wildman–Crippen MR) is 64.8 cm³/mol. The van der Waals surface area contributed by atoms with E-state index in [9.17, 15) is 4.39 Å². The Balaban J connectivity index is 2.81. The summed E-state index contributed by atoms with van der Waals surface area (Å²) in [6, 6.07) is 7.83. The molecule has 0 aliphatic rings. The molecule has 3 heteroatoms. The van der Waals surface area contributed by atoms with Crippen molar-refractivity contribution in [2.75, 3.05) is 0 Å². The number of nitrogens with zero attached hydrogens (tertiary/aromatic N) is 1. The molecular formula is C12H13BrFN. The number of rotatable bonds is 1. The molecule has 0 fully saturated rings. The Kier molecular flexibility index (Phi) is 2.38. The summed E-state index contributed by atoms with van der Waals surface area (Å²) in [5, 5.41) is 1.06. The lowest BCUT2D eigenvalue weighted by Crippen LogP contribution is -2.13. The summed E-state index contributed by atoms with van der Waals surface area (Å²) in [6.07, 6.45) is 0. The van der Waals surface area contributed by atoms with Gasteiger partial charge < -0.3 is 4.57 Å². The standard InChI is InChI=1S/C12H13BrFN/c1-12(2,14)11-7-8-9(13)5-4-6-10(8)15(11)3/h4-7H,1-3H3. The highest BCUT2D eigenvalue weighted by atomic mass is 79.9. The van der Waals surface area contributed by atoms with E-state index in [1.807, 2.05) is 35.9 Å². The fourth-order valence-corrected chi connectivity index (χ4v) is 2.36. The number of aryl methyl sites for hydroxylation is 1. The number of benzene rings is 1. The zero-order chi connectivity index (χ0) is 11.2. The quantitative estimate of drug-likeness (QED) is 0.733. The van der Waals surface area contributed by atoms with E-state index in [4.69, 9.17) is 0 Å². The van der Waals surface area contributed by atoms with Crippen LogP contribution in [0.4, 0.5) is 4.39 Å². The largest absolute Gasteiger partial charge is 0.345 e. The molecule has 2 rings (SSSR count). The molecule has 0 saturated carbocycles. The van der Waals surface area contributed by atoms with Crippen LogP contribution in [-0.4, -0.2) is 4.57 Å². The highest BCUT2D eigenvalue weighted by Gasteiger charge is 2.23. The average Bonchev–Trinajstić information content (AvgIpc) is 2.45. The van der Waals surface area contributed by atoms with Gasteiger partial charge in [-0.05, 0) is 32.0 Å². The molecular weight excluding hydrogens is 257 g/mol. The molecule has 1 heterocycles. The van der Waals surface area contributed by atoms with Crippen LogP contribution < -0.4 is 0 Å². The predicted octanol–water partition coefficient (Wildman–Crippen LogP) is 4.15. The van der Waals surface area contributed by atoms with Crippen molar-refractivity contribution in [3.05, 3.63) is 34.4 Å². The van der Waals surface area contributed by atoms with Gasteiger partial charge in [0.2, 0.25) is 0 Å². The molecule has 0 atom stereocenters. The van der Waals surface area contributed by atoms with Gasteiger partial charge in [-0.25, -0.2) is 4.39 Å². The number of hydrogen-bond acceptors (Lipinski definition) is 0. The summed E-state index contributed by atoms with van der Waals surface area (Å²) < 4.78 is 16.8. The van der Waals surface area contributed by atoms with Crippen LogP contribution in [0.5, 0.6) is 0 Å². The van der Waals surface area contributed by atoms with Crippen molar-refractivity contribution in [2.24, 2.45) is 7.05 Å². The number of alkyl halides is 1. The minimum absolute atomic E-state index is 0.699. The van der Waals surface area contributed by atoms with Crippen LogP contribution in [0.1, 0.15) is 19.5 Å². The van der Waals surface area contributed by atoms with Gasteiger partial charge in [-0.15, -0.1) is 0 Å². The molecule has 0 unspecified atom stereocenters. The lowest BCUT2D eigenvalue weighted by Gasteiger charge is -2.15. The molecule has 1 aromatic heterocycles. The zero-order valence-corrected chi connectivity index (χ0v) is 10.6. The van der Waals surface area contributed by atoms with Crippen molar-refractivity contribution >= 4 is 26.8 Å². The van der Waals surface area contributed by atoms with Gasteiger partial charge in [-0.1, -0.05) is 22.0 Å². The maximum absolute atomic E-state index is 13.9. The molecule has 0 spiro atoms. The summed E-state index contributed by atoms with van der Waals surface area (Å²) in [7, 11) is 1.89. The van der Waals surface area contributed by atoms with Crippen LogP contribution in [0.25, 0.3) is 10.9 Å². The molecule has 15 heavy (non-hydrogen) atoms. The molecule has 0 aliphatic heterocycles. The summed E-state index contributed by atoms with van der Waals surface area (Å²) in [5.41, 5.74) is 0.433. The van der Waals surface area contributed by atoms with E-state index in [1.54, 1.807) is 13.8 Å². The Morgan fingerprint density at radius 3 is 2.53 bits per heavy atom. The smallest absolute Gasteiger partial charge is 0.145 e. The van der Waals surface area contributed by atoms with Crippen molar-refractivity contribution in [3.63, 3.8) is 0 Å². The summed E-state index contributed by atoms with van der Waals surface area (Å²) in [5.74, 6) is 0. The molecule has 80 valence electrons. The summed E-state index contributed by atoms with van der Waals surface area (Å²) in [6.45, 7) is 3.16. The van der Waals surface area contributed by atoms with Crippen molar-refractivity contribution in [1.82, 2.24) is 4.57 Å². The van der Waals surface area contributed by atoms with E-state index in [2.05, 4.69) is 15.9 Å². The van der Waals surface area contributed by atoms with Gasteiger partial charge in [0.15, 0.2) is 0 Å². The van der Waals surface area contributed by atoms with E-state index in [0.29, 0.717) is 5.69 Å². The van der Waals surface area contributed by atoms with Crippen molar-refractivity contribution < 1.29 is 4.39 Å². The lowest BCUT2D eigenvalue weighted by atomic mass is 10.1. The average molecular weight is 270 g/mol. The van der Waals surface area contributed by atoms with Crippen LogP contribution in [0.3, 0.4) is 0 Å². The fraction of sp³-hybridized carbons (Fsp3) is 0.333. The molecule has 0 radical (unpaired) electrons. The third kappa shape index (κ3) is 1.69. The lowest BCUT2D eigenvalue weighted by molar-refractivity contribution is 0.209. The van der Waals surface area contributed by atoms with Crippen LogP contribution in [0.2, 0.25) is 0 Å². The van der Waals surface area contributed by atoms with Crippen molar-refractivity contribution in [2.45, 2.75) is 19.5 Å². The van der Waals surface area contributed by atoms with E-state index in [-0.39, 0.29) is 0 Å². The molecule has 2 aromatic rings. The normalized spacial score (nSPS) is 12.3. The van der Waals surface area contributed by atoms with Crippen molar-refractivity contribution in [3.8, 4) is 0 Å². The molecule has 0 bridgehead atoms.